The Bertz CT molecular complexity index is 377. The maximum atomic E-state index is 11.7. The molecule has 0 aromatic heterocycles. The van der Waals surface area contributed by atoms with E-state index in [2.05, 4.69) is 0 Å². The second-order valence-corrected chi connectivity index (χ2v) is 8.06. The van der Waals surface area contributed by atoms with Gasteiger partial charge in [-0.3, -0.25) is 4.79 Å². The summed E-state index contributed by atoms with van der Waals surface area (Å²) in [6, 6.07) is 0. The molecule has 0 bridgehead atoms. The molecule has 0 aromatic rings. The monoisotopic (exact) mass is 327 g/mol. The van der Waals surface area contributed by atoms with Crippen LogP contribution in [0.3, 0.4) is 0 Å². The Balaban J connectivity index is 3.95. The van der Waals surface area contributed by atoms with Crippen molar-refractivity contribution in [3.63, 3.8) is 0 Å². The highest BCUT2D eigenvalue weighted by molar-refractivity contribution is 7.47. The van der Waals surface area contributed by atoms with Crippen LogP contribution in [0.25, 0.3) is 0 Å². The Hall–Kier alpha value is -0.460. The standard InChI is InChI=1S/C13H28NO6P/c1-7-13(2,3)12(15)18-10-11-20-21(16,17)19-9-8-14(4,5)6/h7-11H2,1-6H3/p+2. The predicted octanol–water partition coefficient (Wildman–Crippen LogP) is 1.54. The Morgan fingerprint density at radius 2 is 1.67 bits per heavy atom. The van der Waals surface area contributed by atoms with E-state index in [1.807, 2.05) is 28.1 Å². The Kier molecular flexibility index (Phi) is 8.07. The van der Waals surface area contributed by atoms with Gasteiger partial charge in [-0.2, -0.15) is 4.57 Å². The van der Waals surface area contributed by atoms with Crippen LogP contribution >= 0.6 is 7.82 Å². The second-order valence-electron chi connectivity index (χ2n) is 6.55. The van der Waals surface area contributed by atoms with Gasteiger partial charge in [-0.25, -0.2) is 9.05 Å². The van der Waals surface area contributed by atoms with E-state index >= 15 is 0 Å². The summed E-state index contributed by atoms with van der Waals surface area (Å²) in [5.74, 6) is -0.334. The van der Waals surface area contributed by atoms with Gasteiger partial charge in [0.1, 0.15) is 19.8 Å². The Labute approximate surface area is 127 Å². The van der Waals surface area contributed by atoms with Crippen LogP contribution in [0.1, 0.15) is 27.2 Å². The first-order valence-corrected chi connectivity index (χ1v) is 8.56. The van der Waals surface area contributed by atoms with Crippen LogP contribution in [-0.2, 0) is 23.1 Å². The zero-order valence-corrected chi connectivity index (χ0v) is 14.9. The average molecular weight is 327 g/mol. The minimum Gasteiger partial charge on any atom is -0.463 e. The third-order valence-electron chi connectivity index (χ3n) is 3.04. The van der Waals surface area contributed by atoms with E-state index in [4.69, 9.17) is 18.7 Å². The van der Waals surface area contributed by atoms with Gasteiger partial charge in [-0.15, -0.1) is 0 Å². The van der Waals surface area contributed by atoms with E-state index in [1.54, 1.807) is 13.8 Å². The zero-order valence-electron chi connectivity index (χ0n) is 14.0. The van der Waals surface area contributed by atoms with E-state index in [0.717, 1.165) is 0 Å². The summed E-state index contributed by atoms with van der Waals surface area (Å²) >= 11 is 0. The maximum absolute atomic E-state index is 11.7. The van der Waals surface area contributed by atoms with Crippen molar-refractivity contribution in [3.05, 3.63) is 0 Å². The molecule has 0 fully saturated rings. The van der Waals surface area contributed by atoms with Crippen LogP contribution < -0.4 is 0 Å². The minimum absolute atomic E-state index is 0.0379. The van der Waals surface area contributed by atoms with Crippen molar-refractivity contribution in [2.45, 2.75) is 27.2 Å². The van der Waals surface area contributed by atoms with Crippen LogP contribution in [0.2, 0.25) is 0 Å². The van der Waals surface area contributed by atoms with Crippen molar-refractivity contribution >= 4 is 13.8 Å². The normalized spacial score (nSPS) is 15.6. The molecule has 0 heterocycles. The zero-order chi connectivity index (χ0) is 16.7. The van der Waals surface area contributed by atoms with Crippen molar-refractivity contribution in [3.8, 4) is 0 Å². The number of rotatable bonds is 10. The molecule has 21 heavy (non-hydrogen) atoms. The number of quaternary nitrogens is 1. The quantitative estimate of drug-likeness (QED) is 0.200. The molecule has 0 aliphatic heterocycles. The van der Waals surface area contributed by atoms with E-state index in [1.165, 1.54) is 0 Å². The Morgan fingerprint density at radius 1 is 1.14 bits per heavy atom. The van der Waals surface area contributed by atoms with Gasteiger partial charge in [0.05, 0.1) is 33.2 Å². The number of likely N-dealkylation sites (N-methyl/N-ethyl adjacent to an activating group) is 1. The van der Waals surface area contributed by atoms with Gasteiger partial charge < -0.3 is 14.1 Å². The van der Waals surface area contributed by atoms with E-state index < -0.39 is 13.2 Å². The summed E-state index contributed by atoms with van der Waals surface area (Å²) in [6.45, 7) is 6.12. The third kappa shape index (κ3) is 9.98. The second kappa shape index (κ2) is 8.25. The molecule has 0 spiro atoms. The number of ether oxygens (including phenoxy) is 1. The molecule has 7 nitrogen and oxygen atoms in total. The molecule has 0 rings (SSSR count). The fourth-order valence-corrected chi connectivity index (χ4v) is 1.82. The predicted molar refractivity (Wildman–Crippen MR) is 81.1 cm³/mol. The van der Waals surface area contributed by atoms with Crippen LogP contribution in [0.4, 0.5) is 0 Å². The van der Waals surface area contributed by atoms with Gasteiger partial charge in [0.25, 0.3) is 0 Å². The van der Waals surface area contributed by atoms with E-state index in [0.29, 0.717) is 17.4 Å². The fourth-order valence-electron chi connectivity index (χ4n) is 1.10. The molecule has 0 saturated carbocycles. The van der Waals surface area contributed by atoms with Crippen LogP contribution in [0, 0.1) is 5.41 Å². The topological polar surface area (TPSA) is 84.7 Å². The molecule has 1 unspecified atom stereocenters. The number of hydrogen-bond donors (Lipinski definition) is 0. The summed E-state index contributed by atoms with van der Waals surface area (Å²) in [5.41, 5.74) is -0.550. The highest BCUT2D eigenvalue weighted by atomic mass is 31.2. The number of hydrogen-bond acceptors (Lipinski definition) is 5. The van der Waals surface area contributed by atoms with Crippen LogP contribution in [0.15, 0.2) is 0 Å². The van der Waals surface area contributed by atoms with Crippen molar-refractivity contribution in [2.24, 2.45) is 5.41 Å². The van der Waals surface area contributed by atoms with E-state index in [-0.39, 0.29) is 25.8 Å². The first-order chi connectivity index (χ1) is 9.40. The van der Waals surface area contributed by atoms with Crippen molar-refractivity contribution in [1.29, 1.82) is 0 Å². The lowest BCUT2D eigenvalue weighted by molar-refractivity contribution is -0.870. The van der Waals surface area contributed by atoms with Gasteiger partial charge in [0.15, 0.2) is 0 Å². The minimum atomic E-state index is -3.84. The number of carbonyl (C=O) groups is 1. The maximum Gasteiger partial charge on any atom is 0.634 e. The highest BCUT2D eigenvalue weighted by Gasteiger charge is 2.31. The lowest BCUT2D eigenvalue weighted by Gasteiger charge is -2.23. The SMILES string of the molecule is CCC(C)(C)C(=O)OCCOP(=O)([OH2+])OCC[N+](C)(C)C. The van der Waals surface area contributed by atoms with Gasteiger partial charge >= 0.3 is 13.8 Å². The fraction of sp³-hybridized carbons (Fsp3) is 0.923. The largest absolute Gasteiger partial charge is 0.634 e. The molecule has 0 radical (unpaired) electrons. The molecular formula is C13H30NO6P+2. The molecule has 2 N–H and O–H groups in total. The first-order valence-electron chi connectivity index (χ1n) is 7.01. The van der Waals surface area contributed by atoms with Crippen molar-refractivity contribution < 1.29 is 32.5 Å². The molecule has 0 aliphatic carbocycles. The molecular weight excluding hydrogens is 297 g/mol. The Morgan fingerprint density at radius 3 is 2.14 bits per heavy atom. The molecule has 0 saturated heterocycles. The van der Waals surface area contributed by atoms with Gasteiger partial charge in [-0.05, 0) is 20.3 Å². The highest BCUT2D eigenvalue weighted by Crippen LogP contribution is 2.42. The van der Waals surface area contributed by atoms with Crippen molar-refractivity contribution in [2.75, 3.05) is 47.5 Å². The summed E-state index contributed by atoms with van der Waals surface area (Å²) in [4.78, 5) is 19.1. The molecule has 8 heteroatoms. The summed E-state index contributed by atoms with van der Waals surface area (Å²) in [5, 5.41) is 0. The smallest absolute Gasteiger partial charge is 0.463 e. The molecule has 0 aliphatic rings. The summed E-state index contributed by atoms with van der Waals surface area (Å²) in [6.07, 6.45) is 0.664. The number of carbonyl (C=O) groups excluding carboxylic acids is 1. The average Bonchev–Trinajstić information content (AvgIpc) is 2.32. The summed E-state index contributed by atoms with van der Waals surface area (Å²) in [7, 11) is 2.06. The lowest BCUT2D eigenvalue weighted by atomic mass is 9.91. The first kappa shape index (κ1) is 20.5. The summed E-state index contributed by atoms with van der Waals surface area (Å²) < 4.78 is 27.1. The van der Waals surface area contributed by atoms with Gasteiger partial charge in [0, 0.05) is 0 Å². The molecule has 0 aromatic carbocycles. The third-order valence-corrected chi connectivity index (χ3v) is 4.08. The van der Waals surface area contributed by atoms with E-state index in [9.17, 15) is 9.36 Å². The van der Waals surface area contributed by atoms with Gasteiger partial charge in [-0.1, -0.05) is 6.92 Å². The number of esters is 1. The van der Waals surface area contributed by atoms with Gasteiger partial charge in [0.2, 0.25) is 0 Å². The van der Waals surface area contributed by atoms with Crippen LogP contribution in [-0.4, -0.2) is 62.9 Å². The van der Waals surface area contributed by atoms with Crippen molar-refractivity contribution in [1.82, 2.24) is 0 Å². The molecule has 126 valence electrons. The lowest BCUT2D eigenvalue weighted by Crippen LogP contribution is -2.37. The number of nitrogens with zero attached hydrogens (tertiary/aromatic N) is 1. The molecule has 0 amide bonds. The van der Waals surface area contributed by atoms with Crippen LogP contribution in [0.5, 0.6) is 0 Å². The molecule has 1 atom stereocenters.